The zero-order valence-corrected chi connectivity index (χ0v) is 16.4. The lowest BCUT2D eigenvalue weighted by molar-refractivity contribution is 0.595. The summed E-state index contributed by atoms with van der Waals surface area (Å²) in [5.41, 5.74) is 0. The summed E-state index contributed by atoms with van der Waals surface area (Å²) in [7, 11) is -3.58. The molecule has 0 fully saturated rings. The minimum absolute atomic E-state index is 0.217. The highest BCUT2D eigenvalue weighted by molar-refractivity contribution is 9.14. The lowest BCUT2D eigenvalue weighted by Crippen LogP contribution is -2.04. The first-order valence-corrected chi connectivity index (χ1v) is 9.64. The number of rotatable bonds is 2. The standard InChI is InChI=1S/C12H6Br4O2S/c13-7-3-1-2-4-9(7)19(17,18)10-6-5-8(14)11(15)12(10)16/h1-6H. The maximum atomic E-state index is 12.6. The van der Waals surface area contributed by atoms with Crippen molar-refractivity contribution in [2.75, 3.05) is 0 Å². The second kappa shape index (κ2) is 5.97. The normalized spacial score (nSPS) is 11.6. The summed E-state index contributed by atoms with van der Waals surface area (Å²) in [5, 5.41) is 0. The van der Waals surface area contributed by atoms with Gasteiger partial charge in [0.25, 0.3) is 0 Å². The third kappa shape index (κ3) is 3.00. The maximum Gasteiger partial charge on any atom is 0.208 e. The molecule has 2 aromatic rings. The lowest BCUT2D eigenvalue weighted by Gasteiger charge is -2.10. The molecule has 0 radical (unpaired) electrons. The largest absolute Gasteiger partial charge is 0.218 e. The van der Waals surface area contributed by atoms with Crippen molar-refractivity contribution in [1.29, 1.82) is 0 Å². The molecule has 0 aliphatic carbocycles. The van der Waals surface area contributed by atoms with Crippen LogP contribution < -0.4 is 0 Å². The van der Waals surface area contributed by atoms with Gasteiger partial charge in [-0.25, -0.2) is 8.42 Å². The SMILES string of the molecule is O=S(=O)(c1ccccc1Br)c1ccc(Br)c(Br)c1Br. The minimum atomic E-state index is -3.58. The Morgan fingerprint density at radius 1 is 0.684 bits per heavy atom. The van der Waals surface area contributed by atoms with E-state index >= 15 is 0 Å². The highest BCUT2D eigenvalue weighted by Gasteiger charge is 2.24. The van der Waals surface area contributed by atoms with Gasteiger partial charge < -0.3 is 0 Å². The van der Waals surface area contributed by atoms with Gasteiger partial charge >= 0.3 is 0 Å². The van der Waals surface area contributed by atoms with E-state index in [0.29, 0.717) is 13.4 Å². The van der Waals surface area contributed by atoms with Crippen molar-refractivity contribution >= 4 is 73.6 Å². The Morgan fingerprint density at radius 2 is 1.32 bits per heavy atom. The molecule has 0 saturated carbocycles. The molecule has 0 saturated heterocycles. The molecule has 0 amide bonds. The molecule has 0 heterocycles. The Kier molecular flexibility index (Phi) is 4.93. The van der Waals surface area contributed by atoms with Crippen LogP contribution in [0.1, 0.15) is 0 Å². The molecule has 0 spiro atoms. The van der Waals surface area contributed by atoms with Crippen molar-refractivity contribution in [2.45, 2.75) is 9.79 Å². The molecule has 0 N–H and O–H groups in total. The third-order valence-corrected chi connectivity index (χ3v) is 8.86. The smallest absolute Gasteiger partial charge is 0.208 e. The highest BCUT2D eigenvalue weighted by Crippen LogP contribution is 2.39. The number of sulfone groups is 1. The topological polar surface area (TPSA) is 34.1 Å². The predicted molar refractivity (Wildman–Crippen MR) is 89.1 cm³/mol. The molecule has 0 atom stereocenters. The van der Waals surface area contributed by atoms with Gasteiger partial charge in [0.05, 0.1) is 14.3 Å². The van der Waals surface area contributed by atoms with E-state index in [9.17, 15) is 8.42 Å². The summed E-state index contributed by atoms with van der Waals surface area (Å²) in [4.78, 5) is 0.458. The van der Waals surface area contributed by atoms with Gasteiger partial charge in [0.1, 0.15) is 0 Å². The molecule has 0 bridgehead atoms. The number of hydrogen-bond donors (Lipinski definition) is 0. The average molecular weight is 534 g/mol. The zero-order valence-electron chi connectivity index (χ0n) is 9.20. The fourth-order valence-corrected chi connectivity index (χ4v) is 5.88. The predicted octanol–water partition coefficient (Wildman–Crippen LogP) is 5.57. The molecule has 0 aliphatic rings. The van der Waals surface area contributed by atoms with Crippen LogP contribution >= 0.6 is 63.7 Å². The summed E-state index contributed by atoms with van der Waals surface area (Å²) in [6.07, 6.45) is 0. The molecule has 100 valence electrons. The first kappa shape index (κ1) is 15.7. The van der Waals surface area contributed by atoms with Crippen LogP contribution in [0.25, 0.3) is 0 Å². The summed E-state index contributed by atoms with van der Waals surface area (Å²) in [6.45, 7) is 0. The quantitative estimate of drug-likeness (QED) is 0.473. The third-order valence-electron chi connectivity index (χ3n) is 2.42. The first-order valence-electron chi connectivity index (χ1n) is 4.99. The van der Waals surface area contributed by atoms with Gasteiger partial charge in [-0.3, -0.25) is 0 Å². The lowest BCUT2D eigenvalue weighted by atomic mass is 10.4. The first-order chi connectivity index (χ1) is 8.85. The van der Waals surface area contributed by atoms with Crippen LogP contribution in [0.3, 0.4) is 0 Å². The van der Waals surface area contributed by atoms with Crippen LogP contribution in [0.15, 0.2) is 64.1 Å². The Balaban J connectivity index is 2.72. The highest BCUT2D eigenvalue weighted by atomic mass is 79.9. The molecule has 2 rings (SSSR count). The van der Waals surface area contributed by atoms with Crippen molar-refractivity contribution in [3.8, 4) is 0 Å². The molecular weight excluding hydrogens is 528 g/mol. The Morgan fingerprint density at radius 3 is 1.95 bits per heavy atom. The minimum Gasteiger partial charge on any atom is -0.218 e. The Labute approximate surface area is 145 Å². The van der Waals surface area contributed by atoms with Crippen LogP contribution in [0, 0.1) is 0 Å². The van der Waals surface area contributed by atoms with E-state index in [0.717, 1.165) is 4.47 Å². The molecule has 0 aliphatic heterocycles. The summed E-state index contributed by atoms with van der Waals surface area (Å²) in [5.74, 6) is 0. The fraction of sp³-hybridized carbons (Fsp3) is 0. The van der Waals surface area contributed by atoms with E-state index in [4.69, 9.17) is 0 Å². The van der Waals surface area contributed by atoms with Crippen molar-refractivity contribution in [1.82, 2.24) is 0 Å². The molecule has 7 heteroatoms. The van der Waals surface area contributed by atoms with Gasteiger partial charge in [0.15, 0.2) is 0 Å². The molecule has 19 heavy (non-hydrogen) atoms. The van der Waals surface area contributed by atoms with Gasteiger partial charge in [-0.15, -0.1) is 0 Å². The second-order valence-electron chi connectivity index (χ2n) is 3.61. The van der Waals surface area contributed by atoms with Gasteiger partial charge in [0.2, 0.25) is 9.84 Å². The summed E-state index contributed by atoms with van der Waals surface area (Å²) in [6, 6.07) is 10.00. The van der Waals surface area contributed by atoms with Gasteiger partial charge in [-0.05, 0) is 88.0 Å². The Bertz CT molecular complexity index is 741. The summed E-state index contributed by atoms with van der Waals surface area (Å²) >= 11 is 13.3. The molecule has 2 nitrogen and oxygen atoms in total. The van der Waals surface area contributed by atoms with Crippen molar-refractivity contribution < 1.29 is 8.42 Å². The second-order valence-corrected chi connectivity index (χ2v) is 8.79. The monoisotopic (exact) mass is 530 g/mol. The molecule has 0 aromatic heterocycles. The van der Waals surface area contributed by atoms with E-state index in [1.807, 2.05) is 0 Å². The van der Waals surface area contributed by atoms with Crippen molar-refractivity contribution in [3.63, 3.8) is 0 Å². The van der Waals surface area contributed by atoms with E-state index in [-0.39, 0.29) is 9.79 Å². The van der Waals surface area contributed by atoms with Crippen LogP contribution in [-0.4, -0.2) is 8.42 Å². The van der Waals surface area contributed by atoms with Crippen LogP contribution in [0.5, 0.6) is 0 Å². The van der Waals surface area contributed by atoms with Crippen LogP contribution in [-0.2, 0) is 9.84 Å². The van der Waals surface area contributed by atoms with Gasteiger partial charge in [-0.2, -0.15) is 0 Å². The number of halogens is 4. The van der Waals surface area contributed by atoms with E-state index < -0.39 is 9.84 Å². The van der Waals surface area contributed by atoms with Gasteiger partial charge in [-0.1, -0.05) is 12.1 Å². The summed E-state index contributed by atoms with van der Waals surface area (Å²) < 4.78 is 27.8. The van der Waals surface area contributed by atoms with Crippen molar-refractivity contribution in [3.05, 3.63) is 54.3 Å². The average Bonchev–Trinajstić information content (AvgIpc) is 2.36. The Hall–Kier alpha value is 0.310. The maximum absolute atomic E-state index is 12.6. The zero-order chi connectivity index (χ0) is 14.2. The van der Waals surface area contributed by atoms with E-state index in [1.54, 1.807) is 36.4 Å². The fourth-order valence-electron chi connectivity index (χ4n) is 1.50. The number of hydrogen-bond acceptors (Lipinski definition) is 2. The van der Waals surface area contributed by atoms with Crippen LogP contribution in [0.4, 0.5) is 0 Å². The molecule has 0 unspecified atom stereocenters. The number of benzene rings is 2. The molecular formula is C12H6Br4O2S. The van der Waals surface area contributed by atoms with Gasteiger partial charge in [0, 0.05) is 13.4 Å². The van der Waals surface area contributed by atoms with E-state index in [2.05, 4.69) is 63.7 Å². The van der Waals surface area contributed by atoms with Crippen molar-refractivity contribution in [2.24, 2.45) is 0 Å². The van der Waals surface area contributed by atoms with Crippen LogP contribution in [0.2, 0.25) is 0 Å². The van der Waals surface area contributed by atoms with E-state index in [1.165, 1.54) is 0 Å². The molecule has 2 aromatic carbocycles.